The van der Waals surface area contributed by atoms with Gasteiger partial charge in [0.1, 0.15) is 0 Å². The van der Waals surface area contributed by atoms with E-state index in [1.54, 1.807) is 0 Å². The van der Waals surface area contributed by atoms with Crippen LogP contribution in [0.15, 0.2) is 0 Å². The van der Waals surface area contributed by atoms with Gasteiger partial charge in [-0.05, 0) is 26.7 Å². The van der Waals surface area contributed by atoms with Crippen LogP contribution in [0.4, 0.5) is 0 Å². The molecule has 0 aromatic rings. The molecule has 1 N–H and O–H groups in total. The van der Waals surface area contributed by atoms with E-state index in [1.165, 1.54) is 44.5 Å². The Morgan fingerprint density at radius 2 is 1.81 bits per heavy atom. The standard InChI is InChI=1S/C13H26N2S/c1-13(2,15-9-7-14-8-10-15)11-16-12-5-3-4-6-12/h12,14H,3-11H2,1-2H3. The number of nitrogens with one attached hydrogen (secondary N) is 1. The summed E-state index contributed by atoms with van der Waals surface area (Å²) >= 11 is 2.22. The third kappa shape index (κ3) is 3.38. The van der Waals surface area contributed by atoms with Crippen molar-refractivity contribution in [3.8, 4) is 0 Å². The topological polar surface area (TPSA) is 15.3 Å². The molecule has 1 aliphatic carbocycles. The van der Waals surface area contributed by atoms with Crippen LogP contribution in [0.5, 0.6) is 0 Å². The zero-order chi connectivity index (χ0) is 11.4. The number of nitrogens with zero attached hydrogens (tertiary/aromatic N) is 1. The van der Waals surface area contributed by atoms with E-state index >= 15 is 0 Å². The molecule has 0 aromatic heterocycles. The maximum Gasteiger partial charge on any atom is 0.0244 e. The van der Waals surface area contributed by atoms with Gasteiger partial charge in [-0.25, -0.2) is 0 Å². The monoisotopic (exact) mass is 242 g/mol. The maximum atomic E-state index is 3.44. The lowest BCUT2D eigenvalue weighted by molar-refractivity contribution is 0.123. The van der Waals surface area contributed by atoms with Gasteiger partial charge < -0.3 is 5.32 Å². The van der Waals surface area contributed by atoms with E-state index in [-0.39, 0.29) is 0 Å². The van der Waals surface area contributed by atoms with Crippen LogP contribution in [0, 0.1) is 0 Å². The van der Waals surface area contributed by atoms with Crippen LogP contribution < -0.4 is 5.32 Å². The normalized spacial score (nSPS) is 25.1. The molecule has 2 nitrogen and oxygen atoms in total. The highest BCUT2D eigenvalue weighted by molar-refractivity contribution is 8.00. The fraction of sp³-hybridized carbons (Fsp3) is 1.00. The van der Waals surface area contributed by atoms with Crippen LogP contribution in [0.3, 0.4) is 0 Å². The largest absolute Gasteiger partial charge is 0.314 e. The second-order valence-electron chi connectivity index (χ2n) is 5.77. The van der Waals surface area contributed by atoms with Crippen LogP contribution in [0.1, 0.15) is 39.5 Å². The summed E-state index contributed by atoms with van der Waals surface area (Å²) in [5.41, 5.74) is 0.384. The molecule has 0 spiro atoms. The minimum absolute atomic E-state index is 0.384. The summed E-state index contributed by atoms with van der Waals surface area (Å²) < 4.78 is 0. The Hall–Kier alpha value is 0.270. The number of hydrogen-bond donors (Lipinski definition) is 1. The van der Waals surface area contributed by atoms with Crippen molar-refractivity contribution in [1.82, 2.24) is 10.2 Å². The van der Waals surface area contributed by atoms with Crippen LogP contribution in [0.25, 0.3) is 0 Å². The first-order valence-corrected chi connectivity index (χ1v) is 7.81. The van der Waals surface area contributed by atoms with E-state index in [4.69, 9.17) is 0 Å². The van der Waals surface area contributed by atoms with Crippen molar-refractivity contribution in [2.45, 2.75) is 50.3 Å². The minimum atomic E-state index is 0.384. The van der Waals surface area contributed by atoms with Crippen molar-refractivity contribution in [2.24, 2.45) is 0 Å². The lowest BCUT2D eigenvalue weighted by Gasteiger charge is -2.41. The van der Waals surface area contributed by atoms with Gasteiger partial charge in [-0.2, -0.15) is 11.8 Å². The highest BCUT2D eigenvalue weighted by Crippen LogP contribution is 2.32. The Balaban J connectivity index is 1.76. The van der Waals surface area contributed by atoms with Gasteiger partial charge in [0, 0.05) is 42.7 Å². The quantitative estimate of drug-likeness (QED) is 0.815. The molecule has 1 saturated heterocycles. The van der Waals surface area contributed by atoms with E-state index in [9.17, 15) is 0 Å². The minimum Gasteiger partial charge on any atom is -0.314 e. The second kappa shape index (κ2) is 5.74. The fourth-order valence-electron chi connectivity index (χ4n) is 2.74. The summed E-state index contributed by atoms with van der Waals surface area (Å²) in [6, 6.07) is 0. The zero-order valence-electron chi connectivity index (χ0n) is 10.8. The lowest BCUT2D eigenvalue weighted by atomic mass is 10.1. The molecule has 16 heavy (non-hydrogen) atoms. The average Bonchev–Trinajstić information content (AvgIpc) is 2.81. The molecule has 2 rings (SSSR count). The smallest absolute Gasteiger partial charge is 0.0244 e. The summed E-state index contributed by atoms with van der Waals surface area (Å²) in [5.74, 6) is 1.30. The van der Waals surface area contributed by atoms with Crippen LogP contribution in [-0.2, 0) is 0 Å². The van der Waals surface area contributed by atoms with Crippen molar-refractivity contribution in [2.75, 3.05) is 31.9 Å². The van der Waals surface area contributed by atoms with Crippen LogP contribution in [-0.4, -0.2) is 47.6 Å². The molecule has 3 heteroatoms. The second-order valence-corrected chi connectivity index (χ2v) is 7.06. The van der Waals surface area contributed by atoms with Crippen molar-refractivity contribution < 1.29 is 0 Å². The van der Waals surface area contributed by atoms with Crippen LogP contribution >= 0.6 is 11.8 Å². The Bertz CT molecular complexity index is 206. The van der Waals surface area contributed by atoms with Crippen LogP contribution in [0.2, 0.25) is 0 Å². The predicted molar refractivity (Wildman–Crippen MR) is 73.2 cm³/mol. The van der Waals surface area contributed by atoms with Gasteiger partial charge >= 0.3 is 0 Å². The van der Waals surface area contributed by atoms with Gasteiger partial charge in [-0.1, -0.05) is 12.8 Å². The number of hydrogen-bond acceptors (Lipinski definition) is 3. The third-order valence-electron chi connectivity index (χ3n) is 3.95. The Labute approximate surface area is 105 Å². The van der Waals surface area contributed by atoms with Gasteiger partial charge in [-0.3, -0.25) is 4.90 Å². The Morgan fingerprint density at radius 3 is 2.44 bits per heavy atom. The van der Waals surface area contributed by atoms with E-state index in [0.29, 0.717) is 5.54 Å². The first-order valence-electron chi connectivity index (χ1n) is 6.76. The van der Waals surface area contributed by atoms with Crippen molar-refractivity contribution in [3.05, 3.63) is 0 Å². The van der Waals surface area contributed by atoms with Crippen molar-refractivity contribution in [1.29, 1.82) is 0 Å². The summed E-state index contributed by atoms with van der Waals surface area (Å²) in [6.07, 6.45) is 5.85. The van der Waals surface area contributed by atoms with Gasteiger partial charge in [0.15, 0.2) is 0 Å². The molecular formula is C13H26N2S. The summed E-state index contributed by atoms with van der Waals surface area (Å²) in [4.78, 5) is 2.66. The molecule has 1 heterocycles. The van der Waals surface area contributed by atoms with Gasteiger partial charge in [0.2, 0.25) is 0 Å². The summed E-state index contributed by atoms with van der Waals surface area (Å²) in [7, 11) is 0. The van der Waals surface area contributed by atoms with E-state index in [2.05, 4.69) is 35.8 Å². The summed E-state index contributed by atoms with van der Waals surface area (Å²) in [6.45, 7) is 9.60. The first kappa shape index (κ1) is 12.7. The Morgan fingerprint density at radius 1 is 1.19 bits per heavy atom. The number of rotatable bonds is 4. The molecule has 0 aromatic carbocycles. The van der Waals surface area contributed by atoms with Crippen molar-refractivity contribution in [3.63, 3.8) is 0 Å². The van der Waals surface area contributed by atoms with Crippen molar-refractivity contribution >= 4 is 11.8 Å². The fourth-order valence-corrected chi connectivity index (χ4v) is 4.23. The molecule has 0 amide bonds. The predicted octanol–water partition coefficient (Wildman–Crippen LogP) is 2.35. The average molecular weight is 242 g/mol. The highest BCUT2D eigenvalue weighted by Gasteiger charge is 2.29. The SMILES string of the molecule is CC(C)(CSC1CCCC1)N1CCNCC1. The van der Waals surface area contributed by atoms with E-state index in [1.807, 2.05) is 0 Å². The zero-order valence-corrected chi connectivity index (χ0v) is 11.6. The van der Waals surface area contributed by atoms with E-state index < -0.39 is 0 Å². The molecule has 1 aliphatic heterocycles. The summed E-state index contributed by atoms with van der Waals surface area (Å²) in [5, 5.41) is 4.40. The molecule has 94 valence electrons. The van der Waals surface area contributed by atoms with Gasteiger partial charge in [0.05, 0.1) is 0 Å². The van der Waals surface area contributed by atoms with Gasteiger partial charge in [-0.15, -0.1) is 0 Å². The molecule has 0 radical (unpaired) electrons. The molecule has 1 saturated carbocycles. The lowest BCUT2D eigenvalue weighted by Crippen LogP contribution is -2.54. The number of piperazine rings is 1. The highest BCUT2D eigenvalue weighted by atomic mass is 32.2. The molecule has 0 atom stereocenters. The molecule has 2 fully saturated rings. The molecule has 2 aliphatic rings. The number of thioether (sulfide) groups is 1. The molecule has 0 bridgehead atoms. The third-order valence-corrected chi connectivity index (χ3v) is 5.76. The Kier molecular flexibility index (Phi) is 4.57. The molecule has 0 unspecified atom stereocenters. The molecular weight excluding hydrogens is 216 g/mol. The maximum absolute atomic E-state index is 3.44. The van der Waals surface area contributed by atoms with Gasteiger partial charge in [0.25, 0.3) is 0 Å². The van der Waals surface area contributed by atoms with E-state index in [0.717, 1.165) is 18.3 Å². The first-order chi connectivity index (χ1) is 7.68.